The van der Waals surface area contributed by atoms with Gasteiger partial charge in [-0.2, -0.15) is 0 Å². The van der Waals surface area contributed by atoms with Gasteiger partial charge in [0.15, 0.2) is 0 Å². The van der Waals surface area contributed by atoms with Crippen molar-refractivity contribution in [1.82, 2.24) is 4.90 Å². The number of likely N-dealkylation sites (tertiary alicyclic amines) is 1. The molecule has 1 aromatic rings. The van der Waals surface area contributed by atoms with Crippen LogP contribution >= 0.6 is 0 Å². The molecule has 0 atom stereocenters. The zero-order valence-corrected chi connectivity index (χ0v) is 14.0. The molecule has 6 nitrogen and oxygen atoms in total. The smallest absolute Gasteiger partial charge is 0.227 e. The van der Waals surface area contributed by atoms with E-state index in [9.17, 15) is 14.4 Å². The van der Waals surface area contributed by atoms with Gasteiger partial charge in [-0.3, -0.25) is 14.4 Å². The summed E-state index contributed by atoms with van der Waals surface area (Å²) in [7, 11) is 1.79. The van der Waals surface area contributed by atoms with Gasteiger partial charge < -0.3 is 15.5 Å². The number of primary amides is 1. The molecule has 1 aromatic carbocycles. The van der Waals surface area contributed by atoms with Gasteiger partial charge in [-0.15, -0.1) is 0 Å². The van der Waals surface area contributed by atoms with E-state index in [1.807, 2.05) is 23.1 Å². The second-order valence-corrected chi connectivity index (χ2v) is 6.65. The molecule has 6 heteroatoms. The molecule has 0 radical (unpaired) electrons. The topological polar surface area (TPSA) is 83.7 Å². The number of amides is 3. The molecule has 0 unspecified atom stereocenters. The van der Waals surface area contributed by atoms with E-state index in [1.54, 1.807) is 11.9 Å². The fraction of sp³-hybridized carbons (Fsp3) is 0.500. The van der Waals surface area contributed by atoms with Crippen LogP contribution in [0.25, 0.3) is 0 Å². The average molecular weight is 329 g/mol. The molecule has 3 rings (SSSR count). The molecule has 2 aliphatic rings. The molecular formula is C18H23N3O3. The number of nitrogens with zero attached hydrogens (tertiary/aromatic N) is 2. The number of aryl methyl sites for hydroxylation is 1. The number of rotatable bonds is 3. The van der Waals surface area contributed by atoms with Crippen molar-refractivity contribution in [2.45, 2.75) is 32.1 Å². The Kier molecular flexibility index (Phi) is 4.55. The van der Waals surface area contributed by atoms with Gasteiger partial charge in [0.05, 0.1) is 6.42 Å². The Morgan fingerprint density at radius 3 is 2.58 bits per heavy atom. The predicted molar refractivity (Wildman–Crippen MR) is 90.4 cm³/mol. The first kappa shape index (κ1) is 16.5. The molecule has 0 spiro atoms. The van der Waals surface area contributed by atoms with E-state index in [4.69, 9.17) is 5.73 Å². The zero-order valence-electron chi connectivity index (χ0n) is 14.0. The van der Waals surface area contributed by atoms with Crippen LogP contribution in [0.15, 0.2) is 18.2 Å². The first-order valence-corrected chi connectivity index (χ1v) is 8.41. The van der Waals surface area contributed by atoms with Crippen LogP contribution in [-0.4, -0.2) is 42.8 Å². The molecular weight excluding hydrogens is 306 g/mol. The van der Waals surface area contributed by atoms with Crippen LogP contribution in [0.1, 0.15) is 30.4 Å². The predicted octanol–water partition coefficient (Wildman–Crippen LogP) is 0.862. The number of fused-ring (bicyclic) bond motifs is 1. The second kappa shape index (κ2) is 6.63. The third-order valence-electron chi connectivity index (χ3n) is 5.09. The van der Waals surface area contributed by atoms with Gasteiger partial charge >= 0.3 is 0 Å². The fourth-order valence-electron chi connectivity index (χ4n) is 3.52. The first-order chi connectivity index (χ1) is 11.5. The monoisotopic (exact) mass is 329 g/mol. The van der Waals surface area contributed by atoms with Crippen LogP contribution in [0.5, 0.6) is 0 Å². The Bertz CT molecular complexity index is 678. The Hall–Kier alpha value is -2.37. The molecule has 3 amide bonds. The summed E-state index contributed by atoms with van der Waals surface area (Å²) in [6.45, 7) is 1.18. The number of anilines is 1. The molecule has 0 aromatic heterocycles. The summed E-state index contributed by atoms with van der Waals surface area (Å²) in [6, 6.07) is 5.88. The highest BCUT2D eigenvalue weighted by Gasteiger charge is 2.26. The number of carbonyl (C=O) groups is 3. The maximum atomic E-state index is 12.5. The first-order valence-electron chi connectivity index (χ1n) is 8.41. The zero-order chi connectivity index (χ0) is 17.3. The van der Waals surface area contributed by atoms with Crippen molar-refractivity contribution in [2.24, 2.45) is 11.7 Å². The number of hydrogen-bond donors (Lipinski definition) is 1. The fourth-order valence-corrected chi connectivity index (χ4v) is 3.52. The maximum Gasteiger partial charge on any atom is 0.227 e. The standard InChI is InChI=1S/C18H23N3O3/c1-20-15-4-2-12(10-14(15)3-5-16(20)22)11-17(23)21-8-6-13(7-9-21)18(19)24/h2,4,10,13H,3,5-9,11H2,1H3,(H2,19,24). The molecule has 0 saturated carbocycles. The Morgan fingerprint density at radius 2 is 1.92 bits per heavy atom. The summed E-state index contributed by atoms with van der Waals surface area (Å²) in [4.78, 5) is 38.9. The van der Waals surface area contributed by atoms with E-state index >= 15 is 0 Å². The van der Waals surface area contributed by atoms with Crippen molar-refractivity contribution in [1.29, 1.82) is 0 Å². The minimum Gasteiger partial charge on any atom is -0.369 e. The summed E-state index contributed by atoms with van der Waals surface area (Å²) >= 11 is 0. The second-order valence-electron chi connectivity index (χ2n) is 6.65. The molecule has 128 valence electrons. The van der Waals surface area contributed by atoms with Crippen LogP contribution in [0.4, 0.5) is 5.69 Å². The van der Waals surface area contributed by atoms with Gasteiger partial charge in [0.1, 0.15) is 0 Å². The van der Waals surface area contributed by atoms with Crippen LogP contribution in [0.3, 0.4) is 0 Å². The van der Waals surface area contributed by atoms with Crippen LogP contribution in [0.2, 0.25) is 0 Å². The van der Waals surface area contributed by atoms with E-state index in [-0.39, 0.29) is 23.6 Å². The van der Waals surface area contributed by atoms with Gasteiger partial charge in [-0.25, -0.2) is 0 Å². The van der Waals surface area contributed by atoms with Gasteiger partial charge in [0, 0.05) is 38.2 Å². The van der Waals surface area contributed by atoms with Gasteiger partial charge in [0.2, 0.25) is 17.7 Å². The quantitative estimate of drug-likeness (QED) is 0.893. The van der Waals surface area contributed by atoms with E-state index in [0.29, 0.717) is 38.8 Å². The van der Waals surface area contributed by atoms with Crippen molar-refractivity contribution in [3.05, 3.63) is 29.3 Å². The highest BCUT2D eigenvalue weighted by atomic mass is 16.2. The molecule has 1 saturated heterocycles. The van der Waals surface area contributed by atoms with Crippen LogP contribution < -0.4 is 10.6 Å². The lowest BCUT2D eigenvalue weighted by atomic mass is 9.95. The number of benzene rings is 1. The van der Waals surface area contributed by atoms with Crippen LogP contribution in [-0.2, 0) is 27.2 Å². The third-order valence-corrected chi connectivity index (χ3v) is 5.09. The summed E-state index contributed by atoms with van der Waals surface area (Å²) in [6.07, 6.45) is 2.90. The SMILES string of the molecule is CN1C(=O)CCc2cc(CC(=O)N3CCC(C(N)=O)CC3)ccc21. The van der Waals surface area contributed by atoms with Crippen molar-refractivity contribution in [2.75, 3.05) is 25.0 Å². The molecule has 2 heterocycles. The van der Waals surface area contributed by atoms with E-state index in [1.165, 1.54) is 0 Å². The normalized spacial score (nSPS) is 18.5. The minimum absolute atomic E-state index is 0.0816. The van der Waals surface area contributed by atoms with Crippen molar-refractivity contribution >= 4 is 23.4 Å². The lowest BCUT2D eigenvalue weighted by molar-refractivity contribution is -0.134. The summed E-state index contributed by atoms with van der Waals surface area (Å²) in [5.41, 5.74) is 8.35. The van der Waals surface area contributed by atoms with Gasteiger partial charge in [-0.1, -0.05) is 12.1 Å². The highest BCUT2D eigenvalue weighted by molar-refractivity contribution is 5.96. The van der Waals surface area contributed by atoms with Gasteiger partial charge in [0.25, 0.3) is 0 Å². The Balaban J connectivity index is 1.63. The van der Waals surface area contributed by atoms with Crippen molar-refractivity contribution in [3.8, 4) is 0 Å². The molecule has 0 bridgehead atoms. The highest BCUT2D eigenvalue weighted by Crippen LogP contribution is 2.28. The summed E-state index contributed by atoms with van der Waals surface area (Å²) < 4.78 is 0. The minimum atomic E-state index is -0.268. The maximum absolute atomic E-state index is 12.5. The largest absolute Gasteiger partial charge is 0.369 e. The van der Waals surface area contributed by atoms with Crippen molar-refractivity contribution in [3.63, 3.8) is 0 Å². The molecule has 2 aliphatic heterocycles. The summed E-state index contributed by atoms with van der Waals surface area (Å²) in [5.74, 6) is -0.164. The van der Waals surface area contributed by atoms with E-state index < -0.39 is 0 Å². The summed E-state index contributed by atoms with van der Waals surface area (Å²) in [5, 5.41) is 0. The number of hydrogen-bond acceptors (Lipinski definition) is 3. The molecule has 1 fully saturated rings. The molecule has 0 aliphatic carbocycles. The third kappa shape index (κ3) is 3.27. The van der Waals surface area contributed by atoms with E-state index in [0.717, 1.165) is 23.2 Å². The number of nitrogens with two attached hydrogens (primary N) is 1. The Labute approximate surface area is 141 Å². The Morgan fingerprint density at radius 1 is 1.21 bits per heavy atom. The average Bonchev–Trinajstić information content (AvgIpc) is 2.58. The number of carbonyl (C=O) groups excluding carboxylic acids is 3. The van der Waals surface area contributed by atoms with Gasteiger partial charge in [-0.05, 0) is 36.5 Å². The lowest BCUT2D eigenvalue weighted by Crippen LogP contribution is -2.42. The molecule has 2 N–H and O–H groups in total. The van der Waals surface area contributed by atoms with E-state index in [2.05, 4.69) is 0 Å². The number of piperidine rings is 1. The molecule has 24 heavy (non-hydrogen) atoms. The van der Waals surface area contributed by atoms with Crippen LogP contribution in [0, 0.1) is 5.92 Å². The van der Waals surface area contributed by atoms with Crippen molar-refractivity contribution < 1.29 is 14.4 Å². The lowest BCUT2D eigenvalue weighted by Gasteiger charge is -2.31.